The van der Waals surface area contributed by atoms with Crippen molar-refractivity contribution in [1.82, 2.24) is 0 Å². The highest BCUT2D eigenvalue weighted by atomic mass is 16.4. The molecule has 0 aromatic rings. The maximum atomic E-state index is 11.1. The maximum Gasteiger partial charge on any atom is 0.321 e. The Morgan fingerprint density at radius 3 is 1.67 bits per heavy atom. The summed E-state index contributed by atoms with van der Waals surface area (Å²) in [5.41, 5.74) is -1.49. The first-order chi connectivity index (χ1) is 7.06. The van der Waals surface area contributed by atoms with Gasteiger partial charge in [0.15, 0.2) is 5.41 Å². The second-order valence-corrected chi connectivity index (χ2v) is 4.91. The molecule has 2 rings (SSSR count). The summed E-state index contributed by atoms with van der Waals surface area (Å²) in [5, 5.41) is 18.2. The summed E-state index contributed by atoms with van der Waals surface area (Å²) in [5.74, 6) is -1.65. The van der Waals surface area contributed by atoms with Gasteiger partial charge in [-0.05, 0) is 24.7 Å². The van der Waals surface area contributed by atoms with Crippen molar-refractivity contribution in [3.63, 3.8) is 0 Å². The SMILES string of the molecule is O=C(O)C1(C(=O)O)C[C@H]2CCCC[C@H]2C1. The van der Waals surface area contributed by atoms with Crippen molar-refractivity contribution < 1.29 is 19.8 Å². The van der Waals surface area contributed by atoms with Crippen LogP contribution >= 0.6 is 0 Å². The molecule has 0 aromatic heterocycles. The third-order valence-electron chi connectivity index (χ3n) is 4.11. The van der Waals surface area contributed by atoms with Crippen LogP contribution in [-0.2, 0) is 9.59 Å². The van der Waals surface area contributed by atoms with Crippen LogP contribution in [-0.4, -0.2) is 22.2 Å². The lowest BCUT2D eigenvalue weighted by Gasteiger charge is -2.23. The molecule has 4 heteroatoms. The minimum atomic E-state index is -1.49. The molecular formula is C11H16O4. The quantitative estimate of drug-likeness (QED) is 0.684. The van der Waals surface area contributed by atoms with Gasteiger partial charge in [0, 0.05) is 0 Å². The average molecular weight is 212 g/mol. The molecule has 2 atom stereocenters. The normalized spacial score (nSPS) is 33.3. The lowest BCUT2D eigenvalue weighted by atomic mass is 9.82. The highest BCUT2D eigenvalue weighted by molar-refractivity contribution is 5.98. The maximum absolute atomic E-state index is 11.1. The number of carboxylic acids is 2. The molecule has 0 amide bonds. The summed E-state index contributed by atoms with van der Waals surface area (Å²) in [4.78, 5) is 22.3. The van der Waals surface area contributed by atoms with Gasteiger partial charge in [-0.15, -0.1) is 0 Å². The third kappa shape index (κ3) is 1.52. The van der Waals surface area contributed by atoms with Crippen LogP contribution in [0.5, 0.6) is 0 Å². The van der Waals surface area contributed by atoms with Crippen LogP contribution in [0.1, 0.15) is 38.5 Å². The Kier molecular flexibility index (Phi) is 2.44. The van der Waals surface area contributed by atoms with Crippen LogP contribution in [0.2, 0.25) is 0 Å². The van der Waals surface area contributed by atoms with E-state index >= 15 is 0 Å². The van der Waals surface area contributed by atoms with Gasteiger partial charge >= 0.3 is 11.9 Å². The van der Waals surface area contributed by atoms with Crippen LogP contribution in [0.25, 0.3) is 0 Å². The molecular weight excluding hydrogens is 196 g/mol. The minimum absolute atomic E-state index is 0.325. The van der Waals surface area contributed by atoms with Crippen molar-refractivity contribution >= 4 is 11.9 Å². The van der Waals surface area contributed by atoms with E-state index in [4.69, 9.17) is 10.2 Å². The summed E-state index contributed by atoms with van der Waals surface area (Å²) < 4.78 is 0. The van der Waals surface area contributed by atoms with E-state index in [1.807, 2.05) is 0 Å². The third-order valence-corrected chi connectivity index (χ3v) is 4.11. The Balaban J connectivity index is 2.23. The van der Waals surface area contributed by atoms with E-state index in [1.165, 1.54) is 0 Å². The summed E-state index contributed by atoms with van der Waals surface area (Å²) in [6.07, 6.45) is 4.93. The van der Waals surface area contributed by atoms with E-state index in [2.05, 4.69) is 0 Å². The minimum Gasteiger partial charge on any atom is -0.480 e. The first-order valence-electron chi connectivity index (χ1n) is 5.53. The van der Waals surface area contributed by atoms with E-state index in [1.54, 1.807) is 0 Å². The molecule has 0 unspecified atom stereocenters. The second-order valence-electron chi connectivity index (χ2n) is 4.91. The van der Waals surface area contributed by atoms with Gasteiger partial charge in [0.25, 0.3) is 0 Å². The first-order valence-corrected chi connectivity index (χ1v) is 5.53. The molecule has 2 N–H and O–H groups in total. The standard InChI is InChI=1S/C11H16O4/c12-9(13)11(10(14)15)5-7-3-1-2-4-8(7)6-11/h7-8H,1-6H2,(H,12,13)(H,14,15)/t7-,8+. The first kappa shape index (κ1) is 10.5. The lowest BCUT2D eigenvalue weighted by Crippen LogP contribution is -2.37. The van der Waals surface area contributed by atoms with E-state index < -0.39 is 17.4 Å². The van der Waals surface area contributed by atoms with Gasteiger partial charge < -0.3 is 10.2 Å². The number of carbonyl (C=O) groups is 2. The number of aliphatic carboxylic acids is 2. The van der Waals surface area contributed by atoms with Gasteiger partial charge in [0.2, 0.25) is 0 Å². The number of hydrogen-bond donors (Lipinski definition) is 2. The molecule has 84 valence electrons. The molecule has 0 radical (unpaired) electrons. The van der Waals surface area contributed by atoms with Crippen molar-refractivity contribution in [2.45, 2.75) is 38.5 Å². The van der Waals surface area contributed by atoms with Crippen LogP contribution in [0.15, 0.2) is 0 Å². The Labute approximate surface area is 88.3 Å². The molecule has 0 spiro atoms. The number of hydrogen-bond acceptors (Lipinski definition) is 2. The smallest absolute Gasteiger partial charge is 0.321 e. The molecule has 2 fully saturated rings. The molecule has 0 saturated heterocycles. The number of rotatable bonds is 2. The molecule has 15 heavy (non-hydrogen) atoms. The Morgan fingerprint density at radius 2 is 1.33 bits per heavy atom. The topological polar surface area (TPSA) is 74.6 Å². The second kappa shape index (κ2) is 3.51. The molecule has 0 aromatic carbocycles. The van der Waals surface area contributed by atoms with Gasteiger partial charge in [-0.2, -0.15) is 0 Å². The van der Waals surface area contributed by atoms with Gasteiger partial charge in [0.05, 0.1) is 0 Å². The zero-order chi connectivity index (χ0) is 11.1. The Bertz CT molecular complexity index is 267. The van der Waals surface area contributed by atoms with Crippen molar-refractivity contribution in [3.8, 4) is 0 Å². The number of carboxylic acid groups (broad SMARTS) is 2. The zero-order valence-electron chi connectivity index (χ0n) is 8.61. The molecule has 0 heterocycles. The van der Waals surface area contributed by atoms with Crippen LogP contribution in [0.3, 0.4) is 0 Å². The van der Waals surface area contributed by atoms with Gasteiger partial charge in [-0.1, -0.05) is 25.7 Å². The van der Waals surface area contributed by atoms with Crippen LogP contribution < -0.4 is 0 Å². The number of fused-ring (bicyclic) bond motifs is 1. The molecule has 2 aliphatic rings. The van der Waals surface area contributed by atoms with E-state index in [9.17, 15) is 9.59 Å². The van der Waals surface area contributed by atoms with Gasteiger partial charge in [-0.3, -0.25) is 9.59 Å². The molecule has 0 bridgehead atoms. The molecule has 4 nitrogen and oxygen atoms in total. The summed E-state index contributed by atoms with van der Waals surface area (Å²) in [6.45, 7) is 0. The van der Waals surface area contributed by atoms with Crippen LogP contribution in [0, 0.1) is 17.3 Å². The molecule has 2 saturated carbocycles. The van der Waals surface area contributed by atoms with Crippen molar-refractivity contribution in [2.75, 3.05) is 0 Å². The van der Waals surface area contributed by atoms with E-state index in [-0.39, 0.29) is 0 Å². The zero-order valence-corrected chi connectivity index (χ0v) is 8.61. The fourth-order valence-corrected chi connectivity index (χ4v) is 3.24. The lowest BCUT2D eigenvalue weighted by molar-refractivity contribution is -0.164. The fraction of sp³-hybridized carbons (Fsp3) is 0.818. The van der Waals surface area contributed by atoms with E-state index in [0.29, 0.717) is 24.7 Å². The molecule has 2 aliphatic carbocycles. The van der Waals surface area contributed by atoms with Gasteiger partial charge in [-0.25, -0.2) is 0 Å². The highest BCUT2D eigenvalue weighted by Gasteiger charge is 2.55. The molecule has 0 aliphatic heterocycles. The largest absolute Gasteiger partial charge is 0.480 e. The summed E-state index contributed by atoms with van der Waals surface area (Å²) in [7, 11) is 0. The van der Waals surface area contributed by atoms with Crippen molar-refractivity contribution in [1.29, 1.82) is 0 Å². The summed E-state index contributed by atoms with van der Waals surface area (Å²) in [6, 6.07) is 0. The monoisotopic (exact) mass is 212 g/mol. The van der Waals surface area contributed by atoms with Gasteiger partial charge in [0.1, 0.15) is 0 Å². The predicted octanol–water partition coefficient (Wildman–Crippen LogP) is 1.74. The highest BCUT2D eigenvalue weighted by Crippen LogP contribution is 2.51. The average Bonchev–Trinajstić information content (AvgIpc) is 2.57. The Morgan fingerprint density at radius 1 is 0.933 bits per heavy atom. The Hall–Kier alpha value is -1.06. The van der Waals surface area contributed by atoms with Crippen molar-refractivity contribution in [2.24, 2.45) is 17.3 Å². The summed E-state index contributed by atoms with van der Waals surface area (Å²) >= 11 is 0. The van der Waals surface area contributed by atoms with E-state index in [0.717, 1.165) is 25.7 Å². The van der Waals surface area contributed by atoms with Crippen molar-refractivity contribution in [3.05, 3.63) is 0 Å². The van der Waals surface area contributed by atoms with Crippen LogP contribution in [0.4, 0.5) is 0 Å². The predicted molar refractivity (Wildman–Crippen MR) is 52.4 cm³/mol. The fourth-order valence-electron chi connectivity index (χ4n) is 3.24.